The average Bonchev–Trinajstić information content (AvgIpc) is 2.12. The molecule has 0 amide bonds. The van der Waals surface area contributed by atoms with Gasteiger partial charge in [-0.25, -0.2) is 0 Å². The van der Waals surface area contributed by atoms with E-state index in [-0.39, 0.29) is 46.1 Å². The average molecular weight is 326 g/mol. The summed E-state index contributed by atoms with van der Waals surface area (Å²) in [7, 11) is 0. The minimum absolute atomic E-state index is 0. The van der Waals surface area contributed by atoms with E-state index in [9.17, 15) is 5.11 Å². The minimum Gasteiger partial charge on any atom is -0.362 e. The summed E-state index contributed by atoms with van der Waals surface area (Å²) in [5.41, 5.74) is 0. The van der Waals surface area contributed by atoms with Crippen molar-refractivity contribution < 1.29 is 45.8 Å². The molecule has 20 heavy (non-hydrogen) atoms. The summed E-state index contributed by atoms with van der Waals surface area (Å²) in [6.07, 6.45) is -2.02. The third kappa shape index (κ3) is 8.72. The Hall–Kier alpha value is 0.514. The van der Waals surface area contributed by atoms with Crippen LogP contribution in [0.5, 0.6) is 0 Å². The Morgan fingerprint density at radius 2 is 0.950 bits per heavy atom. The molecule has 0 saturated heterocycles. The van der Waals surface area contributed by atoms with E-state index in [1.54, 1.807) is 0 Å². The van der Waals surface area contributed by atoms with Crippen LogP contribution in [-0.4, -0.2) is 41.8 Å². The summed E-state index contributed by atoms with van der Waals surface area (Å²) in [6.45, 7) is 14.8. The molecule has 0 heterocycles. The molecule has 0 radical (unpaired) electrons. The summed E-state index contributed by atoms with van der Waals surface area (Å²) in [4.78, 5) is 0. The molecule has 0 rings (SSSR count). The zero-order valence-corrected chi connectivity index (χ0v) is 15.5. The van der Waals surface area contributed by atoms with Crippen molar-refractivity contribution in [3.8, 4) is 0 Å². The molecule has 0 aliphatic rings. The van der Waals surface area contributed by atoms with Gasteiger partial charge < -0.3 is 24.1 Å². The summed E-state index contributed by atoms with van der Waals surface area (Å²) in [5, 5.41) is 10.3. The molecule has 120 valence electrons. The van der Waals surface area contributed by atoms with E-state index in [0.29, 0.717) is 0 Å². The zero-order valence-electron chi connectivity index (χ0n) is 14.0. The van der Waals surface area contributed by atoms with Crippen molar-refractivity contribution >= 4 is 0 Å². The van der Waals surface area contributed by atoms with Gasteiger partial charge in [0.2, 0.25) is 6.29 Å². The number of hydrogen-bond donors (Lipinski definition) is 1. The SMILES string of the molecule is CC(C)OC(O)C(OC(C)C)(OC(C)C)OC(C)C.[Ti]. The molecule has 1 atom stereocenters. The molecule has 0 aromatic heterocycles. The van der Waals surface area contributed by atoms with Crippen LogP contribution in [0.3, 0.4) is 0 Å². The van der Waals surface area contributed by atoms with Gasteiger partial charge >= 0.3 is 5.97 Å². The van der Waals surface area contributed by atoms with Gasteiger partial charge in [-0.2, -0.15) is 0 Å². The largest absolute Gasteiger partial charge is 0.362 e. The quantitative estimate of drug-likeness (QED) is 0.521. The van der Waals surface area contributed by atoms with E-state index in [1.165, 1.54) is 0 Å². The smallest absolute Gasteiger partial charge is 0.338 e. The van der Waals surface area contributed by atoms with Crippen molar-refractivity contribution in [2.45, 2.75) is 92.1 Å². The molecule has 0 aromatic carbocycles. The van der Waals surface area contributed by atoms with Crippen molar-refractivity contribution in [1.29, 1.82) is 0 Å². The Bertz CT molecular complexity index is 217. The molecule has 0 bridgehead atoms. The van der Waals surface area contributed by atoms with Crippen LogP contribution >= 0.6 is 0 Å². The van der Waals surface area contributed by atoms with Crippen molar-refractivity contribution in [3.05, 3.63) is 0 Å². The summed E-state index contributed by atoms with van der Waals surface area (Å²) in [6, 6.07) is 0. The van der Waals surface area contributed by atoms with E-state index in [4.69, 9.17) is 18.9 Å². The van der Waals surface area contributed by atoms with Crippen LogP contribution in [0.25, 0.3) is 0 Å². The Labute approximate surface area is 138 Å². The number of aliphatic hydroxyl groups is 1. The van der Waals surface area contributed by atoms with Crippen molar-refractivity contribution in [2.75, 3.05) is 0 Å². The molecular formula is C14H30O5Ti. The van der Waals surface area contributed by atoms with E-state index in [2.05, 4.69) is 0 Å². The fraction of sp³-hybridized carbons (Fsp3) is 1.00. The molecular weight excluding hydrogens is 296 g/mol. The number of ether oxygens (including phenoxy) is 4. The first-order valence-corrected chi connectivity index (χ1v) is 6.96. The monoisotopic (exact) mass is 326 g/mol. The molecule has 6 heteroatoms. The molecule has 0 aliphatic carbocycles. The van der Waals surface area contributed by atoms with Crippen molar-refractivity contribution in [3.63, 3.8) is 0 Å². The fourth-order valence-electron chi connectivity index (χ4n) is 1.58. The Morgan fingerprint density at radius 1 is 0.650 bits per heavy atom. The van der Waals surface area contributed by atoms with E-state index in [1.807, 2.05) is 55.4 Å². The molecule has 0 spiro atoms. The maximum absolute atomic E-state index is 10.3. The van der Waals surface area contributed by atoms with Gasteiger partial charge in [0, 0.05) is 21.7 Å². The Morgan fingerprint density at radius 3 is 1.15 bits per heavy atom. The number of hydrogen-bond acceptors (Lipinski definition) is 5. The third-order valence-electron chi connectivity index (χ3n) is 1.90. The van der Waals surface area contributed by atoms with Gasteiger partial charge in [-0.15, -0.1) is 0 Å². The standard InChI is InChI=1S/C14H30O5.Ti/c1-9(2)16-13(15)14(17-10(3)4,18-11(5)6)19-12(7)8;/h9-13,15H,1-8H3;. The van der Waals surface area contributed by atoms with E-state index >= 15 is 0 Å². The van der Waals surface area contributed by atoms with Gasteiger partial charge in [-0.3, -0.25) is 0 Å². The molecule has 1 N–H and O–H groups in total. The molecule has 5 nitrogen and oxygen atoms in total. The summed E-state index contributed by atoms with van der Waals surface area (Å²) >= 11 is 0. The van der Waals surface area contributed by atoms with Crippen molar-refractivity contribution in [2.24, 2.45) is 0 Å². The molecule has 0 aromatic rings. The van der Waals surface area contributed by atoms with E-state index < -0.39 is 12.3 Å². The third-order valence-corrected chi connectivity index (χ3v) is 1.90. The van der Waals surface area contributed by atoms with Gasteiger partial charge in [0.15, 0.2) is 0 Å². The minimum atomic E-state index is -1.61. The van der Waals surface area contributed by atoms with Gasteiger partial charge in [-0.05, 0) is 55.4 Å². The first-order chi connectivity index (χ1) is 8.59. The van der Waals surface area contributed by atoms with Crippen LogP contribution in [-0.2, 0) is 40.7 Å². The van der Waals surface area contributed by atoms with Gasteiger partial charge in [0.25, 0.3) is 0 Å². The second-order valence-electron chi connectivity index (χ2n) is 5.64. The van der Waals surface area contributed by atoms with Gasteiger partial charge in [0.1, 0.15) is 0 Å². The Balaban J connectivity index is 0. The van der Waals surface area contributed by atoms with Crippen LogP contribution in [0.1, 0.15) is 55.4 Å². The summed E-state index contributed by atoms with van der Waals surface area (Å²) < 4.78 is 22.5. The van der Waals surface area contributed by atoms with Crippen LogP contribution in [0.15, 0.2) is 0 Å². The fourth-order valence-corrected chi connectivity index (χ4v) is 1.58. The summed E-state index contributed by atoms with van der Waals surface area (Å²) in [5.74, 6) is -1.61. The zero-order chi connectivity index (χ0) is 15.2. The number of aliphatic hydroxyl groups excluding tert-OH is 1. The maximum Gasteiger partial charge on any atom is 0.338 e. The molecule has 0 fully saturated rings. The maximum atomic E-state index is 10.3. The molecule has 0 aliphatic heterocycles. The Kier molecular flexibility index (Phi) is 11.7. The second kappa shape index (κ2) is 10.3. The van der Waals surface area contributed by atoms with E-state index in [0.717, 1.165) is 0 Å². The second-order valence-corrected chi connectivity index (χ2v) is 5.64. The van der Waals surface area contributed by atoms with Crippen LogP contribution in [0, 0.1) is 0 Å². The van der Waals surface area contributed by atoms with Crippen molar-refractivity contribution in [1.82, 2.24) is 0 Å². The van der Waals surface area contributed by atoms with Crippen LogP contribution in [0.2, 0.25) is 0 Å². The molecule has 0 saturated carbocycles. The van der Waals surface area contributed by atoms with Crippen LogP contribution in [0.4, 0.5) is 0 Å². The predicted octanol–water partition coefficient (Wildman–Crippen LogP) is 2.66. The first kappa shape index (κ1) is 22.8. The van der Waals surface area contributed by atoms with Crippen LogP contribution < -0.4 is 0 Å². The molecule has 1 unspecified atom stereocenters. The van der Waals surface area contributed by atoms with Gasteiger partial charge in [0.05, 0.1) is 24.4 Å². The number of rotatable bonds is 9. The normalized spacial score (nSPS) is 14.2. The van der Waals surface area contributed by atoms with Gasteiger partial charge in [-0.1, -0.05) is 0 Å². The predicted molar refractivity (Wildman–Crippen MR) is 73.6 cm³/mol. The first-order valence-electron chi connectivity index (χ1n) is 6.96. The topological polar surface area (TPSA) is 57.2 Å².